The normalized spacial score (nSPS) is 10.9. The van der Waals surface area contributed by atoms with Gasteiger partial charge in [-0.05, 0) is 17.5 Å². The minimum absolute atomic E-state index is 0.0741. The summed E-state index contributed by atoms with van der Waals surface area (Å²) in [7, 11) is -3.39. The fraction of sp³-hybridized carbons (Fsp3) is 0.0455. The fourth-order valence-corrected chi connectivity index (χ4v) is 4.06. The molecule has 0 fully saturated rings. The minimum atomic E-state index is -3.39. The zero-order valence-electron chi connectivity index (χ0n) is 14.2. The molecule has 0 aliphatic rings. The number of nitrogens with zero attached hydrogens (tertiary/aromatic N) is 1. The standard InChI is InChI=1S/C16H13NO2S.C6H6/c1-2-10-20(18,19)15-9-5-8-14-16(15)13-7-4-3-6-12(13)11-17-14;1-2-4-6-5-3-1/h2-9,11H,1,10H2;1-6H. The predicted molar refractivity (Wildman–Crippen MR) is 108 cm³/mol. The molecule has 0 radical (unpaired) electrons. The molecule has 1 aromatic heterocycles. The second kappa shape index (κ2) is 7.93. The van der Waals surface area contributed by atoms with Crippen molar-refractivity contribution in [1.29, 1.82) is 0 Å². The molecule has 0 saturated heterocycles. The van der Waals surface area contributed by atoms with E-state index in [0.29, 0.717) is 15.8 Å². The highest BCUT2D eigenvalue weighted by molar-refractivity contribution is 7.91. The van der Waals surface area contributed by atoms with Crippen LogP contribution in [0.4, 0.5) is 0 Å². The maximum atomic E-state index is 12.4. The van der Waals surface area contributed by atoms with Gasteiger partial charge in [0.2, 0.25) is 0 Å². The summed E-state index contributed by atoms with van der Waals surface area (Å²) in [5.74, 6) is -0.0741. The average molecular weight is 361 g/mol. The highest BCUT2D eigenvalue weighted by Gasteiger charge is 2.17. The van der Waals surface area contributed by atoms with Crippen LogP contribution >= 0.6 is 0 Å². The van der Waals surface area contributed by atoms with Gasteiger partial charge in [-0.1, -0.05) is 72.8 Å². The summed E-state index contributed by atoms with van der Waals surface area (Å²) in [4.78, 5) is 4.67. The molecular formula is C22H19NO2S. The van der Waals surface area contributed by atoms with Crippen LogP contribution in [0.15, 0.2) is 103 Å². The van der Waals surface area contributed by atoms with Crippen LogP contribution in [-0.2, 0) is 9.84 Å². The molecule has 0 unspecified atom stereocenters. The number of pyridine rings is 1. The van der Waals surface area contributed by atoms with Gasteiger partial charge in [0.25, 0.3) is 0 Å². The third-order valence-corrected chi connectivity index (χ3v) is 5.60. The van der Waals surface area contributed by atoms with Gasteiger partial charge in [-0.3, -0.25) is 4.98 Å². The quantitative estimate of drug-likeness (QED) is 0.380. The van der Waals surface area contributed by atoms with Crippen molar-refractivity contribution >= 4 is 31.5 Å². The number of benzene rings is 3. The van der Waals surface area contributed by atoms with E-state index in [0.717, 1.165) is 10.8 Å². The van der Waals surface area contributed by atoms with Crippen LogP contribution in [0.25, 0.3) is 21.7 Å². The Bertz CT molecular complexity index is 1110. The van der Waals surface area contributed by atoms with Crippen LogP contribution in [0.1, 0.15) is 0 Å². The predicted octanol–water partition coefficient (Wildman–Crippen LogP) is 5.03. The summed E-state index contributed by atoms with van der Waals surface area (Å²) in [5, 5.41) is 2.52. The van der Waals surface area contributed by atoms with Gasteiger partial charge in [0.1, 0.15) is 0 Å². The Kier molecular flexibility index (Phi) is 5.44. The van der Waals surface area contributed by atoms with Crippen molar-refractivity contribution in [2.24, 2.45) is 0 Å². The number of hydrogen-bond acceptors (Lipinski definition) is 3. The van der Waals surface area contributed by atoms with Crippen molar-refractivity contribution in [3.63, 3.8) is 0 Å². The van der Waals surface area contributed by atoms with Crippen LogP contribution in [0, 0.1) is 0 Å². The minimum Gasteiger partial charge on any atom is -0.256 e. The van der Waals surface area contributed by atoms with Crippen LogP contribution in [0.3, 0.4) is 0 Å². The molecule has 4 rings (SSSR count). The van der Waals surface area contributed by atoms with Gasteiger partial charge in [0.15, 0.2) is 9.84 Å². The number of sulfone groups is 1. The van der Waals surface area contributed by atoms with E-state index < -0.39 is 9.84 Å². The van der Waals surface area contributed by atoms with Crippen LogP contribution in [0.2, 0.25) is 0 Å². The summed E-state index contributed by atoms with van der Waals surface area (Å²) in [5.41, 5.74) is 0.689. The van der Waals surface area contributed by atoms with E-state index in [1.54, 1.807) is 18.3 Å². The first-order chi connectivity index (χ1) is 12.6. The Morgan fingerprint density at radius 2 is 1.50 bits per heavy atom. The van der Waals surface area contributed by atoms with E-state index in [1.165, 1.54) is 6.08 Å². The Hall–Kier alpha value is -2.98. The van der Waals surface area contributed by atoms with Gasteiger partial charge in [-0.2, -0.15) is 0 Å². The zero-order valence-corrected chi connectivity index (χ0v) is 15.1. The van der Waals surface area contributed by atoms with E-state index in [9.17, 15) is 8.42 Å². The van der Waals surface area contributed by atoms with Crippen molar-refractivity contribution in [3.05, 3.63) is 97.7 Å². The molecule has 4 aromatic rings. The first-order valence-corrected chi connectivity index (χ1v) is 9.89. The summed E-state index contributed by atoms with van der Waals surface area (Å²) >= 11 is 0. The van der Waals surface area contributed by atoms with E-state index in [-0.39, 0.29) is 5.75 Å². The SMILES string of the molecule is C=CCS(=O)(=O)c1cccc2ncc3ccccc3c12.c1ccccc1. The van der Waals surface area contributed by atoms with Crippen molar-refractivity contribution in [3.8, 4) is 0 Å². The molecule has 130 valence electrons. The highest BCUT2D eigenvalue weighted by Crippen LogP contribution is 2.29. The number of rotatable bonds is 3. The average Bonchev–Trinajstić information content (AvgIpc) is 2.69. The lowest BCUT2D eigenvalue weighted by atomic mass is 10.1. The van der Waals surface area contributed by atoms with Gasteiger partial charge in [0, 0.05) is 17.0 Å². The summed E-state index contributed by atoms with van der Waals surface area (Å²) in [6, 6.07) is 24.9. The summed E-state index contributed by atoms with van der Waals surface area (Å²) in [6.45, 7) is 3.52. The number of hydrogen-bond donors (Lipinski definition) is 0. The molecule has 0 bridgehead atoms. The third-order valence-electron chi connectivity index (χ3n) is 3.92. The number of fused-ring (bicyclic) bond motifs is 3. The zero-order chi connectivity index (χ0) is 18.4. The van der Waals surface area contributed by atoms with E-state index in [4.69, 9.17) is 0 Å². The molecule has 0 amide bonds. The van der Waals surface area contributed by atoms with Gasteiger partial charge in [-0.15, -0.1) is 6.58 Å². The fourth-order valence-electron chi connectivity index (χ4n) is 2.76. The molecular weight excluding hydrogens is 342 g/mol. The van der Waals surface area contributed by atoms with Crippen LogP contribution in [0.5, 0.6) is 0 Å². The third kappa shape index (κ3) is 3.81. The Balaban J connectivity index is 0.000000278. The smallest absolute Gasteiger partial charge is 0.182 e. The molecule has 26 heavy (non-hydrogen) atoms. The molecule has 0 atom stereocenters. The van der Waals surface area contributed by atoms with Crippen molar-refractivity contribution < 1.29 is 8.42 Å². The molecule has 3 aromatic carbocycles. The van der Waals surface area contributed by atoms with Crippen LogP contribution in [-0.4, -0.2) is 19.2 Å². The van der Waals surface area contributed by atoms with Crippen molar-refractivity contribution in [2.75, 3.05) is 5.75 Å². The Labute approximate surface area is 153 Å². The molecule has 4 heteroatoms. The molecule has 0 spiro atoms. The lowest BCUT2D eigenvalue weighted by molar-refractivity contribution is 0.600. The second-order valence-corrected chi connectivity index (χ2v) is 7.72. The molecule has 3 nitrogen and oxygen atoms in total. The molecule has 0 N–H and O–H groups in total. The van der Waals surface area contributed by atoms with Crippen molar-refractivity contribution in [1.82, 2.24) is 4.98 Å². The van der Waals surface area contributed by atoms with Crippen LogP contribution < -0.4 is 0 Å². The van der Waals surface area contributed by atoms with Gasteiger partial charge < -0.3 is 0 Å². The van der Waals surface area contributed by atoms with Gasteiger partial charge >= 0.3 is 0 Å². The first kappa shape index (κ1) is 17.8. The Morgan fingerprint density at radius 1 is 0.846 bits per heavy atom. The summed E-state index contributed by atoms with van der Waals surface area (Å²) in [6.07, 6.45) is 3.17. The van der Waals surface area contributed by atoms with Gasteiger partial charge in [0.05, 0.1) is 16.2 Å². The molecule has 0 saturated carbocycles. The Morgan fingerprint density at radius 3 is 2.15 bits per heavy atom. The summed E-state index contributed by atoms with van der Waals surface area (Å²) < 4.78 is 24.8. The number of aromatic nitrogens is 1. The highest BCUT2D eigenvalue weighted by atomic mass is 32.2. The molecule has 0 aliphatic heterocycles. The maximum Gasteiger partial charge on any atom is 0.182 e. The lowest BCUT2D eigenvalue weighted by Gasteiger charge is -2.09. The monoisotopic (exact) mass is 361 g/mol. The van der Waals surface area contributed by atoms with E-state index >= 15 is 0 Å². The maximum absolute atomic E-state index is 12.4. The van der Waals surface area contributed by atoms with E-state index in [2.05, 4.69) is 11.6 Å². The van der Waals surface area contributed by atoms with Gasteiger partial charge in [-0.25, -0.2) is 8.42 Å². The first-order valence-electron chi connectivity index (χ1n) is 8.23. The second-order valence-electron chi connectivity index (χ2n) is 5.72. The molecule has 0 aliphatic carbocycles. The largest absolute Gasteiger partial charge is 0.256 e. The van der Waals surface area contributed by atoms with Crippen molar-refractivity contribution in [2.45, 2.75) is 4.90 Å². The van der Waals surface area contributed by atoms with E-state index in [1.807, 2.05) is 66.7 Å². The lowest BCUT2D eigenvalue weighted by Crippen LogP contribution is -2.05. The molecule has 1 heterocycles. The topological polar surface area (TPSA) is 47.0 Å².